The molecular weight excluding hydrogens is 270 g/mol. The first kappa shape index (κ1) is 12.9. The molecule has 0 radical (unpaired) electrons. The zero-order valence-electron chi connectivity index (χ0n) is 9.81. The number of anilines is 1. The minimum Gasteiger partial charge on any atom is -0.388 e. The molecule has 6 nitrogen and oxygen atoms in total. The van der Waals surface area contributed by atoms with Crippen molar-refractivity contribution in [2.75, 3.05) is 11.9 Å². The van der Waals surface area contributed by atoms with Crippen LogP contribution in [0.3, 0.4) is 0 Å². The lowest BCUT2D eigenvalue weighted by Gasteiger charge is -2.45. The summed E-state index contributed by atoms with van der Waals surface area (Å²) in [7, 11) is 0. The van der Waals surface area contributed by atoms with Crippen molar-refractivity contribution in [1.82, 2.24) is 0 Å². The van der Waals surface area contributed by atoms with Crippen molar-refractivity contribution in [3.05, 3.63) is 24.3 Å². The monoisotopic (exact) mass is 283 g/mol. The largest absolute Gasteiger partial charge is 0.388 e. The van der Waals surface area contributed by atoms with Crippen molar-refractivity contribution in [2.24, 2.45) is 0 Å². The number of thioether (sulfide) groups is 1. The van der Waals surface area contributed by atoms with Gasteiger partial charge < -0.3 is 25.4 Å². The number of aliphatic hydroxyl groups excluding tert-OH is 3. The molecule has 1 aromatic carbocycles. The second-order valence-electron chi connectivity index (χ2n) is 4.53. The van der Waals surface area contributed by atoms with Crippen molar-refractivity contribution in [3.63, 3.8) is 0 Å². The second-order valence-corrected chi connectivity index (χ2v) is 5.78. The molecule has 0 aliphatic carbocycles. The third kappa shape index (κ3) is 1.86. The molecule has 2 heterocycles. The van der Waals surface area contributed by atoms with Crippen LogP contribution in [0.2, 0.25) is 0 Å². The van der Waals surface area contributed by atoms with Crippen LogP contribution in [0.5, 0.6) is 0 Å². The summed E-state index contributed by atoms with van der Waals surface area (Å²) in [5.41, 5.74) is 0.638. The summed E-state index contributed by atoms with van der Waals surface area (Å²) in [5, 5.41) is 32.0. The Morgan fingerprint density at radius 2 is 2.05 bits per heavy atom. The van der Waals surface area contributed by atoms with Crippen LogP contribution >= 0.6 is 11.8 Å². The smallest absolute Gasteiger partial charge is 0.270 e. The molecule has 1 fully saturated rings. The summed E-state index contributed by atoms with van der Waals surface area (Å²) in [6.07, 6.45) is -4.13. The summed E-state index contributed by atoms with van der Waals surface area (Å²) in [5.74, 6) is -0.533. The van der Waals surface area contributed by atoms with E-state index in [1.54, 1.807) is 24.3 Å². The number of amides is 1. The Hall–Kier alpha value is -1.12. The topological polar surface area (TPSA) is 99.0 Å². The summed E-state index contributed by atoms with van der Waals surface area (Å²) in [4.78, 5) is 11.3. The number of nitrogens with one attached hydrogen (secondary N) is 1. The molecule has 1 aromatic rings. The van der Waals surface area contributed by atoms with Gasteiger partial charge in [0.1, 0.15) is 18.3 Å². The van der Waals surface area contributed by atoms with Gasteiger partial charge in [-0.1, -0.05) is 23.9 Å². The number of hydrogen-bond acceptors (Lipinski definition) is 6. The highest BCUT2D eigenvalue weighted by Gasteiger charge is 2.57. The van der Waals surface area contributed by atoms with Crippen LogP contribution in [0, 0.1) is 0 Å². The number of carbonyl (C=O) groups is 1. The second kappa shape index (κ2) is 4.46. The molecule has 1 saturated heterocycles. The molecule has 4 N–H and O–H groups in total. The summed E-state index contributed by atoms with van der Waals surface area (Å²) in [6, 6.07) is 7.12. The van der Waals surface area contributed by atoms with Crippen molar-refractivity contribution in [2.45, 2.75) is 28.1 Å². The van der Waals surface area contributed by atoms with E-state index < -0.39 is 29.2 Å². The van der Waals surface area contributed by atoms with Crippen LogP contribution in [0.15, 0.2) is 29.2 Å². The predicted octanol–water partition coefficient (Wildman–Crippen LogP) is -0.460. The maximum absolute atomic E-state index is 12.2. The van der Waals surface area contributed by atoms with Gasteiger partial charge in [0.25, 0.3) is 5.91 Å². The highest BCUT2D eigenvalue weighted by Crippen LogP contribution is 2.47. The predicted molar refractivity (Wildman–Crippen MR) is 67.6 cm³/mol. The van der Waals surface area contributed by atoms with Gasteiger partial charge in [0.2, 0.25) is 4.93 Å². The van der Waals surface area contributed by atoms with Gasteiger partial charge in [-0.15, -0.1) is 0 Å². The maximum atomic E-state index is 12.2. The molecule has 4 atom stereocenters. The van der Waals surface area contributed by atoms with Gasteiger partial charge >= 0.3 is 0 Å². The van der Waals surface area contributed by atoms with Crippen LogP contribution in [-0.2, 0) is 9.53 Å². The average molecular weight is 283 g/mol. The van der Waals surface area contributed by atoms with Crippen molar-refractivity contribution < 1.29 is 24.9 Å². The molecule has 0 bridgehead atoms. The fourth-order valence-electron chi connectivity index (χ4n) is 2.20. The van der Waals surface area contributed by atoms with Gasteiger partial charge in [0, 0.05) is 4.90 Å². The van der Waals surface area contributed by atoms with Gasteiger partial charge in [-0.25, -0.2) is 0 Å². The number of aliphatic hydroxyl groups is 3. The highest BCUT2D eigenvalue weighted by molar-refractivity contribution is 8.01. The molecular formula is C12H13NO5S. The standard InChI is InChI=1S/C12H13NO5S/c14-7-5-18-12(10(16)9(7)15)11(17)13-6-3-1-2-4-8(6)19-12/h1-4,7,9-10,14-16H,5H2,(H,13,17)/t7-,9-,10+,12?/m1/s1. The molecule has 1 spiro atoms. The average Bonchev–Trinajstić information content (AvgIpc) is 2.41. The van der Waals surface area contributed by atoms with Gasteiger partial charge in [0.05, 0.1) is 12.3 Å². The number of fused-ring (bicyclic) bond motifs is 1. The summed E-state index contributed by atoms with van der Waals surface area (Å²) in [6.45, 7) is -0.208. The van der Waals surface area contributed by atoms with Crippen molar-refractivity contribution >= 4 is 23.4 Å². The third-order valence-corrected chi connectivity index (χ3v) is 4.71. The Labute approximate surface area is 113 Å². The first-order valence-corrected chi connectivity index (χ1v) is 6.64. The number of benzene rings is 1. The molecule has 0 saturated carbocycles. The first-order valence-electron chi connectivity index (χ1n) is 5.82. The molecule has 2 aliphatic rings. The van der Waals surface area contributed by atoms with Crippen LogP contribution in [-0.4, -0.2) is 51.1 Å². The lowest BCUT2D eigenvalue weighted by Crippen LogP contribution is -2.64. The minimum absolute atomic E-state index is 0.208. The Balaban J connectivity index is 1.99. The van der Waals surface area contributed by atoms with E-state index in [9.17, 15) is 20.1 Å². The molecule has 2 aliphatic heterocycles. The molecule has 1 amide bonds. The van der Waals surface area contributed by atoms with Gasteiger partial charge in [-0.3, -0.25) is 4.79 Å². The van der Waals surface area contributed by atoms with Gasteiger partial charge in [0.15, 0.2) is 0 Å². The SMILES string of the molecule is O=C1Nc2ccccc2SC12OC[C@@H](O)[C@@H](O)[C@@H]2O. The number of para-hydroxylation sites is 1. The van der Waals surface area contributed by atoms with E-state index in [0.717, 1.165) is 16.7 Å². The quantitative estimate of drug-likeness (QED) is 0.514. The van der Waals surface area contributed by atoms with E-state index in [2.05, 4.69) is 5.32 Å². The zero-order valence-corrected chi connectivity index (χ0v) is 10.6. The normalized spacial score (nSPS) is 37.8. The Bertz CT molecular complexity index is 525. The molecule has 3 rings (SSSR count). The van der Waals surface area contributed by atoms with Crippen molar-refractivity contribution in [1.29, 1.82) is 0 Å². The number of hydrogen-bond donors (Lipinski definition) is 4. The molecule has 7 heteroatoms. The minimum atomic E-state index is -1.62. The number of ether oxygens (including phenoxy) is 1. The molecule has 0 aromatic heterocycles. The molecule has 102 valence electrons. The van der Waals surface area contributed by atoms with Gasteiger partial charge in [-0.2, -0.15) is 0 Å². The van der Waals surface area contributed by atoms with Crippen LogP contribution in [0.1, 0.15) is 0 Å². The van der Waals surface area contributed by atoms with Crippen LogP contribution in [0.25, 0.3) is 0 Å². The Morgan fingerprint density at radius 1 is 1.32 bits per heavy atom. The lowest BCUT2D eigenvalue weighted by molar-refractivity contribution is -0.200. The van der Waals surface area contributed by atoms with E-state index in [1.807, 2.05) is 0 Å². The third-order valence-electron chi connectivity index (χ3n) is 3.29. The number of carbonyl (C=O) groups excluding carboxylic acids is 1. The Morgan fingerprint density at radius 3 is 2.84 bits per heavy atom. The first-order chi connectivity index (χ1) is 9.04. The fraction of sp³-hybridized carbons (Fsp3) is 0.417. The maximum Gasteiger partial charge on any atom is 0.270 e. The van der Waals surface area contributed by atoms with E-state index in [1.165, 1.54) is 0 Å². The summed E-state index contributed by atoms with van der Waals surface area (Å²) >= 11 is 1.05. The van der Waals surface area contributed by atoms with Crippen LogP contribution in [0.4, 0.5) is 5.69 Å². The van der Waals surface area contributed by atoms with E-state index in [-0.39, 0.29) is 6.61 Å². The molecule has 1 unspecified atom stereocenters. The zero-order chi connectivity index (χ0) is 13.6. The van der Waals surface area contributed by atoms with Gasteiger partial charge in [-0.05, 0) is 12.1 Å². The highest BCUT2D eigenvalue weighted by atomic mass is 32.2. The van der Waals surface area contributed by atoms with Crippen molar-refractivity contribution in [3.8, 4) is 0 Å². The lowest BCUT2D eigenvalue weighted by atomic mass is 9.98. The van der Waals surface area contributed by atoms with E-state index >= 15 is 0 Å². The van der Waals surface area contributed by atoms with E-state index in [4.69, 9.17) is 4.74 Å². The molecule has 19 heavy (non-hydrogen) atoms. The van der Waals surface area contributed by atoms with E-state index in [0.29, 0.717) is 5.69 Å². The summed E-state index contributed by atoms with van der Waals surface area (Å²) < 4.78 is 5.36. The number of rotatable bonds is 0. The fourth-order valence-corrected chi connectivity index (χ4v) is 3.43. The van der Waals surface area contributed by atoms with Crippen LogP contribution < -0.4 is 5.32 Å². The Kier molecular flexibility index (Phi) is 3.03.